The number of ether oxygens (including phenoxy) is 4. The van der Waals surface area contributed by atoms with Crippen LogP contribution in [0.15, 0.2) is 127 Å². The zero-order chi connectivity index (χ0) is 74.2. The molecule has 3 fully saturated rings. The summed E-state index contributed by atoms with van der Waals surface area (Å²) in [7, 11) is 28.2. The van der Waals surface area contributed by atoms with E-state index in [9.17, 15) is 43.9 Å². The first kappa shape index (κ1) is 88.2. The van der Waals surface area contributed by atoms with Crippen LogP contribution < -0.4 is 76.8 Å². The van der Waals surface area contributed by atoms with E-state index in [1.165, 1.54) is 57.2 Å². The van der Waals surface area contributed by atoms with Gasteiger partial charge in [0.25, 0.3) is 0 Å². The molecule has 103 heavy (non-hydrogen) atoms. The molecule has 5 aliphatic rings. The normalized spacial score (nSPS) is 15.6. The topological polar surface area (TPSA) is 44.1 Å². The summed E-state index contributed by atoms with van der Waals surface area (Å²) in [5.41, 5.74) is 2.35. The van der Waals surface area contributed by atoms with E-state index in [-0.39, 0.29) is 107 Å². The summed E-state index contributed by atoms with van der Waals surface area (Å²) >= 11 is -1.69. The molecule has 25 heteroatoms. The number of aliphatic hydroxyl groups is 2. The van der Waals surface area contributed by atoms with Crippen LogP contribution in [0.25, 0.3) is 11.1 Å². The van der Waals surface area contributed by atoms with Crippen LogP contribution in [-0.2, 0) is 42.1 Å². The number of benzene rings is 7. The summed E-state index contributed by atoms with van der Waals surface area (Å²) in [6.45, 7) is 14.4. The molecule has 0 radical (unpaired) electrons. The van der Waals surface area contributed by atoms with Crippen LogP contribution in [0.4, 0.5) is 43.9 Å². The predicted octanol–water partition coefficient (Wildman–Crippen LogP) is 20.6. The molecule has 4 nitrogen and oxygen atoms in total. The second-order valence-electron chi connectivity index (χ2n) is 26.5. The number of halogens is 15. The first-order chi connectivity index (χ1) is 48.8. The van der Waals surface area contributed by atoms with E-state index in [1.807, 2.05) is 27.7 Å². The van der Waals surface area contributed by atoms with Gasteiger partial charge in [0.2, 0.25) is 0 Å². The molecule has 0 bridgehead atoms. The summed E-state index contributed by atoms with van der Waals surface area (Å²) in [5.74, 6) is -18.8. The van der Waals surface area contributed by atoms with Gasteiger partial charge in [0.15, 0.2) is 0 Å². The van der Waals surface area contributed by atoms with E-state index >= 15 is 0 Å². The molecular formula is C78H87Cl5CuF10KO4P2Ru2+4. The van der Waals surface area contributed by atoms with Crippen molar-refractivity contribution in [2.45, 2.75) is 193 Å². The fourth-order valence-electron chi connectivity index (χ4n) is 14.0. The van der Waals surface area contributed by atoms with Crippen molar-refractivity contribution in [1.29, 1.82) is 0 Å². The van der Waals surface area contributed by atoms with Gasteiger partial charge in [0.05, 0.1) is 24.9 Å². The molecule has 0 aliphatic heterocycles. The van der Waals surface area contributed by atoms with Gasteiger partial charge in [-0.15, -0.1) is 0 Å². The first-order valence-corrected chi connectivity index (χ1v) is 49.3. The van der Waals surface area contributed by atoms with Gasteiger partial charge in [-0.3, -0.25) is 0 Å². The van der Waals surface area contributed by atoms with E-state index in [2.05, 4.69) is 126 Å². The summed E-state index contributed by atoms with van der Waals surface area (Å²) in [5, 5.41) is 4.31. The molecule has 0 heterocycles. The van der Waals surface area contributed by atoms with Crippen molar-refractivity contribution in [3.05, 3.63) is 219 Å². The van der Waals surface area contributed by atoms with Gasteiger partial charge < -0.3 is 1.43 Å². The van der Waals surface area contributed by atoms with Crippen molar-refractivity contribution in [3.8, 4) is 23.0 Å². The molecule has 0 saturated heterocycles. The first-order valence-electron chi connectivity index (χ1n) is 34.1. The van der Waals surface area contributed by atoms with Crippen molar-refractivity contribution < 1.29 is 158 Å². The van der Waals surface area contributed by atoms with Crippen molar-refractivity contribution in [1.82, 2.24) is 0 Å². The third kappa shape index (κ3) is 22.6. The summed E-state index contributed by atoms with van der Waals surface area (Å²) in [6.07, 6.45) is 25.6. The van der Waals surface area contributed by atoms with E-state index in [1.54, 1.807) is 136 Å². The smallest absolute Gasteiger partial charge is 1.00 e. The van der Waals surface area contributed by atoms with Gasteiger partial charge in [0, 0.05) is 7.92 Å². The molecule has 5 aliphatic carbocycles. The summed E-state index contributed by atoms with van der Waals surface area (Å²) in [6, 6.07) is 38.7. The molecule has 0 spiro atoms. The zero-order valence-electron chi connectivity index (χ0n) is 59.7. The Bertz CT molecular complexity index is 3780. The molecule has 7 aromatic carbocycles. The molecule has 0 unspecified atom stereocenters. The van der Waals surface area contributed by atoms with Gasteiger partial charge in [-0.1, -0.05) is 73.9 Å². The minimum atomic E-state index is -2.68. The van der Waals surface area contributed by atoms with Gasteiger partial charge >= 0.3 is 455 Å². The summed E-state index contributed by atoms with van der Waals surface area (Å²) < 4.78 is 163. The minimum Gasteiger partial charge on any atom is -1.00 e. The maximum Gasteiger partial charge on any atom is 1.00 e. The monoisotopic (exact) mass is 1820 g/mol. The van der Waals surface area contributed by atoms with Crippen LogP contribution in [0.3, 0.4) is 0 Å². The number of rotatable bonds is 16. The Kier molecular flexibility index (Phi) is 36.3. The molecule has 0 atom stereocenters. The Hall–Kier alpha value is -2.03. The van der Waals surface area contributed by atoms with Crippen molar-refractivity contribution in [2.24, 2.45) is 0 Å². The molecule has 12 rings (SSSR count). The molecular weight excluding hydrogens is 1730 g/mol. The Morgan fingerprint density at radius 2 is 0.660 bits per heavy atom. The predicted molar refractivity (Wildman–Crippen MR) is 399 cm³/mol. The fourth-order valence-corrected chi connectivity index (χ4v) is 26.8. The fraction of sp³-hybridized carbons (Fsp3) is 0.385. The molecule has 2 N–H and O–H groups in total. The zero-order valence-corrected chi connectivity index (χ0v) is 72.0. The Morgan fingerprint density at radius 1 is 0.398 bits per heavy atom. The quantitative estimate of drug-likeness (QED) is 0.0242. The third-order valence-corrected chi connectivity index (χ3v) is 31.5. The Labute approximate surface area is 684 Å². The summed E-state index contributed by atoms with van der Waals surface area (Å²) in [4.78, 5) is 0. The van der Waals surface area contributed by atoms with Crippen LogP contribution >= 0.6 is 64.7 Å². The van der Waals surface area contributed by atoms with Gasteiger partial charge in [-0.2, -0.15) is 0 Å². The molecule has 7 aromatic rings. The van der Waals surface area contributed by atoms with Crippen molar-refractivity contribution in [3.63, 3.8) is 0 Å². The third-order valence-electron chi connectivity index (χ3n) is 18.0. The maximum absolute atomic E-state index is 14.6. The largest absolute Gasteiger partial charge is 1.00 e. The van der Waals surface area contributed by atoms with Gasteiger partial charge in [0.1, 0.15) is 15.9 Å². The molecule has 562 valence electrons. The molecule has 0 amide bonds. The van der Waals surface area contributed by atoms with Gasteiger partial charge in [-0.05, 0) is 113 Å². The average Bonchev–Trinajstić information content (AvgIpc) is 1.56. The van der Waals surface area contributed by atoms with Gasteiger partial charge in [-0.25, -0.2) is 0 Å². The average molecular weight is 1820 g/mol. The number of hydrogen-bond donors (Lipinski definition) is 0. The van der Waals surface area contributed by atoms with E-state index < -0.39 is 104 Å². The number of allylic oxidation sites excluding steroid dienone is 2. The Balaban J connectivity index is 0.000000219. The van der Waals surface area contributed by atoms with Crippen LogP contribution in [0.1, 0.15) is 187 Å². The molecule has 0 aromatic heterocycles. The van der Waals surface area contributed by atoms with Crippen molar-refractivity contribution >= 4 is 100.0 Å². The number of fused-ring (bicyclic) bond motifs is 2. The van der Waals surface area contributed by atoms with Crippen molar-refractivity contribution in [2.75, 3.05) is 0 Å². The van der Waals surface area contributed by atoms with E-state index in [0.717, 1.165) is 0 Å². The van der Waals surface area contributed by atoms with E-state index in [4.69, 9.17) is 48.2 Å². The number of aromatic hydroxyl groups is 2. The second-order valence-corrected chi connectivity index (χ2v) is 44.1. The van der Waals surface area contributed by atoms with Crippen LogP contribution in [-0.4, -0.2) is 59.1 Å². The number of hydrogen-bond acceptors (Lipinski definition) is 2. The standard InChI is InChI=1S/2C21H17F5O2.C18H33P.C18H15P.5ClH.Cu.K.2Ru.H/c2*1-9(2)27-11-7-14-12(15(8-11)28-10(3)4)5-6-13(14)16-17(22)19(24)21(26)20(25)18(16)23;2*1-4-10-16(11-5-1)19(17-12-6-2-7-13-17)18-14-8-3-9-15-18;;;;;;;;;;/h2*6-10H,1-4H3;16-18H,1-15H2;1-15H;5*1H;;;;;/q;;;;;;;;;2*+1;2*+2;-1/p-1. The van der Waals surface area contributed by atoms with Crippen LogP contribution in [0.2, 0.25) is 0 Å². The molecule has 3 saturated carbocycles. The van der Waals surface area contributed by atoms with E-state index in [0.29, 0.717) is 42.3 Å². The maximum atomic E-state index is 14.6. The van der Waals surface area contributed by atoms with Crippen LogP contribution in [0.5, 0.6) is 23.0 Å². The second kappa shape index (κ2) is 42.4. The SMILES string of the molecule is C1CCC([PH+](C2CCCCC2)C2CCCCC2)CC1.CC(C)Oc1cc([OH+]C(C)C)c2c(c1)C(c1c(F)c(F)c(F)c(F)c1F)=C[C]2=[Ru]([Cl])[Cl].CC(C)Oc1cc([OH+]C(C)C)c2c(c1)C(c1c(F)c(F)c(F)c(F)c1F)=C[C]2=[Ru]([Cl])[Cl].[Cl][Cu].[H-].[K+].c1ccc([PH+](c2ccccc2)c2ccccc2)cc1. The van der Waals surface area contributed by atoms with Crippen LogP contribution in [0, 0.1) is 58.2 Å². The minimum absolute atomic E-state index is 0. The Morgan fingerprint density at radius 3 is 0.903 bits per heavy atom.